The van der Waals surface area contributed by atoms with E-state index in [-0.39, 0.29) is 35.8 Å². The van der Waals surface area contributed by atoms with Gasteiger partial charge in [-0.2, -0.15) is 0 Å². The van der Waals surface area contributed by atoms with Crippen LogP contribution in [0.3, 0.4) is 0 Å². The van der Waals surface area contributed by atoms with Crippen LogP contribution in [0.2, 0.25) is 0 Å². The highest BCUT2D eigenvalue weighted by atomic mass is 16.5. The maximum absolute atomic E-state index is 12.1. The van der Waals surface area contributed by atoms with Crippen LogP contribution in [-0.4, -0.2) is 39.4 Å². The maximum atomic E-state index is 12.1. The van der Waals surface area contributed by atoms with E-state index < -0.39 is 11.9 Å². The normalized spacial score (nSPS) is 9.54. The molecule has 1 aromatic rings. The molecule has 0 spiro atoms. The fraction of sp³-hybridized carbons (Fsp3) is 0.400. The summed E-state index contributed by atoms with van der Waals surface area (Å²) in [6.07, 6.45) is 12.7. The quantitative estimate of drug-likeness (QED) is 0.364. The first kappa shape index (κ1) is 20.9. The zero-order valence-corrected chi connectivity index (χ0v) is 15.0. The van der Waals surface area contributed by atoms with Crippen molar-refractivity contribution in [2.75, 3.05) is 27.4 Å². The SMILES string of the molecule is C#CCCCOc1cc(C(=O)OC)c(OCCCC#C)cc1C(=O)OC. The van der Waals surface area contributed by atoms with Gasteiger partial charge in [0.15, 0.2) is 0 Å². The van der Waals surface area contributed by atoms with Crippen LogP contribution in [-0.2, 0) is 9.47 Å². The van der Waals surface area contributed by atoms with Gasteiger partial charge in [-0.25, -0.2) is 9.59 Å². The van der Waals surface area contributed by atoms with E-state index in [1.165, 1.54) is 26.4 Å². The number of ether oxygens (including phenoxy) is 4. The van der Waals surface area contributed by atoms with E-state index in [1.54, 1.807) is 0 Å². The molecule has 0 N–H and O–H groups in total. The highest BCUT2D eigenvalue weighted by Gasteiger charge is 2.22. The van der Waals surface area contributed by atoms with Crippen molar-refractivity contribution in [1.82, 2.24) is 0 Å². The fourth-order valence-electron chi connectivity index (χ4n) is 2.05. The van der Waals surface area contributed by atoms with Gasteiger partial charge < -0.3 is 18.9 Å². The molecule has 0 saturated carbocycles. The van der Waals surface area contributed by atoms with Crippen LogP contribution in [0.4, 0.5) is 0 Å². The number of rotatable bonds is 10. The summed E-state index contributed by atoms with van der Waals surface area (Å²) >= 11 is 0. The molecule has 1 aromatic carbocycles. The second-order valence-corrected chi connectivity index (χ2v) is 5.14. The number of hydrogen-bond donors (Lipinski definition) is 0. The van der Waals surface area contributed by atoms with E-state index in [4.69, 9.17) is 31.8 Å². The number of terminal acetylenes is 2. The predicted octanol–water partition coefficient (Wildman–Crippen LogP) is 2.84. The molecule has 0 bridgehead atoms. The lowest BCUT2D eigenvalue weighted by Crippen LogP contribution is -2.12. The highest BCUT2D eigenvalue weighted by molar-refractivity contribution is 5.98. The molecule has 0 atom stereocenters. The molecule has 6 heteroatoms. The predicted molar refractivity (Wildman–Crippen MR) is 96.2 cm³/mol. The zero-order valence-electron chi connectivity index (χ0n) is 15.0. The van der Waals surface area contributed by atoms with Crippen molar-refractivity contribution in [1.29, 1.82) is 0 Å². The van der Waals surface area contributed by atoms with Crippen LogP contribution >= 0.6 is 0 Å². The number of esters is 2. The van der Waals surface area contributed by atoms with Crippen LogP contribution < -0.4 is 9.47 Å². The van der Waals surface area contributed by atoms with Gasteiger partial charge in [-0.05, 0) is 25.0 Å². The third-order valence-corrected chi connectivity index (χ3v) is 3.34. The third-order valence-electron chi connectivity index (χ3n) is 3.34. The Morgan fingerprint density at radius 3 is 1.54 bits per heavy atom. The van der Waals surface area contributed by atoms with Gasteiger partial charge in [-0.15, -0.1) is 24.7 Å². The van der Waals surface area contributed by atoms with Gasteiger partial charge in [0.2, 0.25) is 0 Å². The van der Waals surface area contributed by atoms with Crippen molar-refractivity contribution < 1.29 is 28.5 Å². The number of methoxy groups -OCH3 is 2. The smallest absolute Gasteiger partial charge is 0.341 e. The van der Waals surface area contributed by atoms with Crippen molar-refractivity contribution >= 4 is 11.9 Å². The van der Waals surface area contributed by atoms with Crippen molar-refractivity contribution in [3.05, 3.63) is 23.3 Å². The Hall–Kier alpha value is -3.12. The first-order chi connectivity index (χ1) is 12.6. The molecule has 0 heterocycles. The zero-order chi connectivity index (χ0) is 19.4. The van der Waals surface area contributed by atoms with Gasteiger partial charge in [-0.1, -0.05) is 0 Å². The molecule has 138 valence electrons. The molecule has 0 aliphatic carbocycles. The van der Waals surface area contributed by atoms with Gasteiger partial charge >= 0.3 is 11.9 Å². The van der Waals surface area contributed by atoms with Gasteiger partial charge in [0.1, 0.15) is 22.6 Å². The lowest BCUT2D eigenvalue weighted by molar-refractivity contribution is 0.0578. The van der Waals surface area contributed by atoms with E-state index in [2.05, 4.69) is 11.8 Å². The molecule has 26 heavy (non-hydrogen) atoms. The third kappa shape index (κ3) is 6.07. The van der Waals surface area contributed by atoms with Crippen LogP contribution in [0.5, 0.6) is 11.5 Å². The van der Waals surface area contributed by atoms with Gasteiger partial charge in [0.25, 0.3) is 0 Å². The van der Waals surface area contributed by atoms with Crippen LogP contribution in [0, 0.1) is 24.7 Å². The maximum Gasteiger partial charge on any atom is 0.341 e. The van der Waals surface area contributed by atoms with Crippen molar-refractivity contribution in [3.8, 4) is 36.2 Å². The van der Waals surface area contributed by atoms with Crippen molar-refractivity contribution in [3.63, 3.8) is 0 Å². The Labute approximate surface area is 153 Å². The summed E-state index contributed by atoms with van der Waals surface area (Å²) in [6.45, 7) is 0.578. The van der Waals surface area contributed by atoms with Crippen LogP contribution in [0.15, 0.2) is 12.1 Å². The monoisotopic (exact) mass is 358 g/mol. The minimum Gasteiger partial charge on any atom is -0.493 e. The molecule has 0 amide bonds. The summed E-state index contributed by atoms with van der Waals surface area (Å²) in [4.78, 5) is 24.1. The molecule has 0 aliphatic heterocycles. The molecule has 0 aliphatic rings. The second-order valence-electron chi connectivity index (χ2n) is 5.14. The molecule has 0 radical (unpaired) electrons. The van der Waals surface area contributed by atoms with Gasteiger partial charge in [0, 0.05) is 12.8 Å². The Balaban J connectivity index is 3.18. The van der Waals surface area contributed by atoms with E-state index in [1.807, 2.05) is 0 Å². The van der Waals surface area contributed by atoms with E-state index in [0.717, 1.165) is 0 Å². The molecule has 0 fully saturated rings. The average molecular weight is 358 g/mol. The van der Waals surface area contributed by atoms with Crippen LogP contribution in [0.25, 0.3) is 0 Å². The number of unbranched alkanes of at least 4 members (excludes halogenated alkanes) is 2. The fourth-order valence-corrected chi connectivity index (χ4v) is 2.05. The molecule has 0 saturated heterocycles. The topological polar surface area (TPSA) is 71.1 Å². The summed E-state index contributed by atoms with van der Waals surface area (Å²) in [7, 11) is 2.51. The van der Waals surface area contributed by atoms with Crippen LogP contribution in [0.1, 0.15) is 46.4 Å². The lowest BCUT2D eigenvalue weighted by Gasteiger charge is -2.15. The van der Waals surface area contributed by atoms with Gasteiger partial charge in [-0.3, -0.25) is 0 Å². The van der Waals surface area contributed by atoms with Crippen molar-refractivity contribution in [2.45, 2.75) is 25.7 Å². The summed E-state index contributed by atoms with van der Waals surface area (Å²) in [6, 6.07) is 2.81. The van der Waals surface area contributed by atoms with E-state index >= 15 is 0 Å². The molecular weight excluding hydrogens is 336 g/mol. The standard InChI is InChI=1S/C20H22O6/c1-5-7-9-11-25-17-13-16(20(22)24-4)18(26-12-10-8-6-2)14-15(17)19(21)23-3/h1-2,13-14H,7-12H2,3-4H3. The first-order valence-corrected chi connectivity index (χ1v) is 8.06. The minimum absolute atomic E-state index is 0.146. The van der Waals surface area contributed by atoms with Crippen molar-refractivity contribution in [2.24, 2.45) is 0 Å². The summed E-state index contributed by atoms with van der Waals surface area (Å²) in [5.41, 5.74) is 0.292. The largest absolute Gasteiger partial charge is 0.493 e. The molecular formula is C20H22O6. The summed E-state index contributed by atoms with van der Waals surface area (Å²) in [5, 5.41) is 0. The Kier molecular flexibility index (Phi) is 9.20. The Bertz CT molecular complexity index is 646. The number of carbonyl (C=O) groups is 2. The molecule has 1 rings (SSSR count). The van der Waals surface area contributed by atoms with E-state index in [9.17, 15) is 9.59 Å². The Morgan fingerprint density at radius 2 is 1.23 bits per heavy atom. The average Bonchev–Trinajstić information content (AvgIpc) is 2.67. The summed E-state index contributed by atoms with van der Waals surface area (Å²) < 4.78 is 20.8. The number of carbonyl (C=O) groups excluding carboxylic acids is 2. The molecule has 0 aromatic heterocycles. The molecule has 0 unspecified atom stereocenters. The Morgan fingerprint density at radius 1 is 0.846 bits per heavy atom. The second kappa shape index (κ2) is 11.4. The number of benzene rings is 1. The highest BCUT2D eigenvalue weighted by Crippen LogP contribution is 2.31. The first-order valence-electron chi connectivity index (χ1n) is 8.06. The minimum atomic E-state index is -0.609. The lowest BCUT2D eigenvalue weighted by atomic mass is 10.1. The van der Waals surface area contributed by atoms with E-state index in [0.29, 0.717) is 25.7 Å². The van der Waals surface area contributed by atoms with Gasteiger partial charge in [0.05, 0.1) is 27.4 Å². The number of hydrogen-bond acceptors (Lipinski definition) is 6. The summed E-state index contributed by atoms with van der Waals surface area (Å²) in [5.74, 6) is 4.19. The molecule has 6 nitrogen and oxygen atoms in total.